The highest BCUT2D eigenvalue weighted by Gasteiger charge is 2.53. The van der Waals surface area contributed by atoms with Crippen LogP contribution < -0.4 is 14.5 Å². The number of benzene rings is 5. The summed E-state index contributed by atoms with van der Waals surface area (Å²) in [5.74, 6) is 1.07. The van der Waals surface area contributed by atoms with Crippen molar-refractivity contribution in [2.75, 3.05) is 16.3 Å². The zero-order valence-corrected chi connectivity index (χ0v) is 25.4. The van der Waals surface area contributed by atoms with Crippen LogP contribution in [-0.2, 0) is 23.4 Å². The summed E-state index contributed by atoms with van der Waals surface area (Å²) in [6.07, 6.45) is 0. The first-order chi connectivity index (χ1) is 21.5. The molecule has 0 N–H and O–H groups in total. The van der Waals surface area contributed by atoms with Gasteiger partial charge in [0, 0.05) is 59.8 Å². The molecule has 220 valence electrons. The Bertz CT molecular complexity index is 1780. The van der Waals surface area contributed by atoms with Crippen molar-refractivity contribution >= 4 is 17.3 Å². The Kier molecular flexibility index (Phi) is 7.09. The third-order valence-electron chi connectivity index (χ3n) is 8.77. The number of nitrogens with zero attached hydrogens (tertiary/aromatic N) is 2. The molecule has 0 amide bonds. The van der Waals surface area contributed by atoms with E-state index in [4.69, 9.17) is 9.47 Å². The fraction of sp³-hybridized carbons (Fsp3) is 0.205. The number of esters is 1. The Hall–Kier alpha value is -5.03. The third-order valence-corrected chi connectivity index (χ3v) is 8.77. The molecule has 5 heteroatoms. The van der Waals surface area contributed by atoms with E-state index in [2.05, 4.69) is 109 Å². The first-order valence-corrected chi connectivity index (χ1v) is 15.4. The number of fused-ring (bicyclic) bond motifs is 6. The molecule has 1 unspecified atom stereocenters. The van der Waals surface area contributed by atoms with Crippen molar-refractivity contribution in [3.8, 4) is 11.5 Å². The van der Waals surface area contributed by atoms with Crippen LogP contribution in [0.5, 0.6) is 11.5 Å². The molecule has 0 bridgehead atoms. The Balaban J connectivity index is 1.39. The normalized spacial score (nSPS) is 16.1. The van der Waals surface area contributed by atoms with Crippen molar-refractivity contribution in [2.45, 2.75) is 45.5 Å². The number of carbonyl (C=O) groups excluding carboxylic acids is 1. The Morgan fingerprint density at radius 3 is 1.95 bits per heavy atom. The molecule has 2 aliphatic heterocycles. The summed E-state index contributed by atoms with van der Waals surface area (Å²) in [5, 5.41) is 0. The van der Waals surface area contributed by atoms with Crippen molar-refractivity contribution in [3.63, 3.8) is 0 Å². The highest BCUT2D eigenvalue weighted by Crippen LogP contribution is 2.57. The average Bonchev–Trinajstić information content (AvgIpc) is 3.34. The van der Waals surface area contributed by atoms with Crippen LogP contribution in [0.2, 0.25) is 0 Å². The maximum atomic E-state index is 13.5. The topological polar surface area (TPSA) is 42.0 Å². The fourth-order valence-electron chi connectivity index (χ4n) is 6.72. The van der Waals surface area contributed by atoms with E-state index in [0.29, 0.717) is 23.1 Å². The standard InChI is InChI=1S/C39H36N2O3/c1-4-41(27(2)3)31-19-21-34-37(24-31)43-36-22-20-30(23-35(36)39(34)33-18-12-11-17-32(33)38(42)44-39)40(25-28-13-7-5-8-14-28)26-29-15-9-6-10-16-29/h5-24,27H,4,25-26H2,1-3H3. The zero-order chi connectivity index (χ0) is 30.3. The molecule has 5 aromatic carbocycles. The molecule has 7 rings (SSSR count). The number of hydrogen-bond acceptors (Lipinski definition) is 5. The SMILES string of the molecule is CCN(c1ccc2c(c1)Oc1ccc(N(Cc3ccccc3)Cc3ccccc3)cc1C21OC(=O)c2ccccc21)C(C)C. The molecular formula is C39H36N2O3. The fourth-order valence-corrected chi connectivity index (χ4v) is 6.72. The highest BCUT2D eigenvalue weighted by molar-refractivity contribution is 5.97. The lowest BCUT2D eigenvalue weighted by molar-refractivity contribution is 0.0224. The maximum absolute atomic E-state index is 13.5. The minimum atomic E-state index is -1.12. The highest BCUT2D eigenvalue weighted by atomic mass is 16.6. The average molecular weight is 581 g/mol. The molecule has 2 heterocycles. The van der Waals surface area contributed by atoms with Crippen LogP contribution in [0.15, 0.2) is 121 Å². The summed E-state index contributed by atoms with van der Waals surface area (Å²) in [6.45, 7) is 8.85. The molecule has 1 atom stereocenters. The van der Waals surface area contributed by atoms with Gasteiger partial charge in [-0.2, -0.15) is 0 Å². The summed E-state index contributed by atoms with van der Waals surface area (Å²) in [5.41, 5.74) is 6.51. The van der Waals surface area contributed by atoms with Gasteiger partial charge in [0.15, 0.2) is 5.60 Å². The lowest BCUT2D eigenvalue weighted by Crippen LogP contribution is -2.34. The van der Waals surface area contributed by atoms with Gasteiger partial charge >= 0.3 is 5.97 Å². The van der Waals surface area contributed by atoms with Gasteiger partial charge in [-0.1, -0.05) is 78.9 Å². The molecule has 1 spiro atoms. The van der Waals surface area contributed by atoms with Gasteiger partial charge in [0.25, 0.3) is 0 Å². The lowest BCUT2D eigenvalue weighted by atomic mass is 9.77. The van der Waals surface area contributed by atoms with E-state index >= 15 is 0 Å². The molecule has 0 saturated heterocycles. The lowest BCUT2D eigenvalue weighted by Gasteiger charge is -2.38. The van der Waals surface area contributed by atoms with Gasteiger partial charge in [-0.15, -0.1) is 0 Å². The van der Waals surface area contributed by atoms with Crippen LogP contribution in [-0.4, -0.2) is 18.6 Å². The summed E-state index contributed by atoms with van der Waals surface area (Å²) < 4.78 is 13.2. The number of ether oxygens (including phenoxy) is 2. The second kappa shape index (κ2) is 11.2. The van der Waals surface area contributed by atoms with E-state index in [1.165, 1.54) is 11.1 Å². The Morgan fingerprint density at radius 1 is 0.659 bits per heavy atom. The van der Waals surface area contributed by atoms with Crippen molar-refractivity contribution in [1.29, 1.82) is 0 Å². The van der Waals surface area contributed by atoms with Gasteiger partial charge in [0.2, 0.25) is 0 Å². The zero-order valence-electron chi connectivity index (χ0n) is 25.4. The maximum Gasteiger partial charge on any atom is 0.340 e. The van der Waals surface area contributed by atoms with Crippen LogP contribution in [0, 0.1) is 0 Å². The first-order valence-electron chi connectivity index (χ1n) is 15.4. The predicted molar refractivity (Wildman–Crippen MR) is 176 cm³/mol. The van der Waals surface area contributed by atoms with Gasteiger partial charge in [-0.3, -0.25) is 0 Å². The molecule has 44 heavy (non-hydrogen) atoms. The molecule has 0 radical (unpaired) electrons. The van der Waals surface area contributed by atoms with Crippen molar-refractivity contribution in [1.82, 2.24) is 0 Å². The number of hydrogen-bond donors (Lipinski definition) is 0. The van der Waals surface area contributed by atoms with Gasteiger partial charge in [-0.25, -0.2) is 4.79 Å². The van der Waals surface area contributed by atoms with Crippen molar-refractivity contribution in [2.24, 2.45) is 0 Å². The minimum Gasteiger partial charge on any atom is -0.456 e. The second-order valence-electron chi connectivity index (χ2n) is 11.8. The first kappa shape index (κ1) is 27.8. The van der Waals surface area contributed by atoms with Gasteiger partial charge in [-0.05, 0) is 68.3 Å². The van der Waals surface area contributed by atoms with Gasteiger partial charge in [0.05, 0.1) is 5.56 Å². The van der Waals surface area contributed by atoms with E-state index in [0.717, 1.165) is 47.7 Å². The van der Waals surface area contributed by atoms with Crippen LogP contribution in [0.1, 0.15) is 58.9 Å². The number of anilines is 2. The predicted octanol–water partition coefficient (Wildman–Crippen LogP) is 8.70. The van der Waals surface area contributed by atoms with Crippen LogP contribution in [0.4, 0.5) is 11.4 Å². The minimum absolute atomic E-state index is 0.323. The van der Waals surface area contributed by atoms with Crippen LogP contribution >= 0.6 is 0 Å². The summed E-state index contributed by atoms with van der Waals surface area (Å²) in [6, 6.07) is 41.6. The van der Waals surface area contributed by atoms with E-state index in [-0.39, 0.29) is 5.97 Å². The Labute approximate surface area is 259 Å². The third kappa shape index (κ3) is 4.69. The van der Waals surface area contributed by atoms with Crippen LogP contribution in [0.25, 0.3) is 0 Å². The monoisotopic (exact) mass is 580 g/mol. The van der Waals surface area contributed by atoms with E-state index in [1.807, 2.05) is 42.5 Å². The largest absolute Gasteiger partial charge is 0.456 e. The molecule has 0 saturated carbocycles. The quantitative estimate of drug-likeness (QED) is 0.172. The number of rotatable bonds is 8. The van der Waals surface area contributed by atoms with E-state index < -0.39 is 5.60 Å². The van der Waals surface area contributed by atoms with Gasteiger partial charge < -0.3 is 19.3 Å². The molecule has 0 aromatic heterocycles. The molecule has 2 aliphatic rings. The van der Waals surface area contributed by atoms with E-state index in [1.54, 1.807) is 0 Å². The summed E-state index contributed by atoms with van der Waals surface area (Å²) >= 11 is 0. The molecule has 0 fully saturated rings. The van der Waals surface area contributed by atoms with Crippen molar-refractivity contribution in [3.05, 3.63) is 155 Å². The molecule has 5 aromatic rings. The summed E-state index contributed by atoms with van der Waals surface area (Å²) in [4.78, 5) is 18.2. The van der Waals surface area contributed by atoms with Crippen molar-refractivity contribution < 1.29 is 14.3 Å². The molecular weight excluding hydrogens is 544 g/mol. The van der Waals surface area contributed by atoms with E-state index in [9.17, 15) is 4.79 Å². The van der Waals surface area contributed by atoms with Gasteiger partial charge in [0.1, 0.15) is 11.5 Å². The Morgan fingerprint density at radius 2 is 1.30 bits per heavy atom. The molecule has 0 aliphatic carbocycles. The van der Waals surface area contributed by atoms with Crippen LogP contribution in [0.3, 0.4) is 0 Å². The molecule has 5 nitrogen and oxygen atoms in total. The second-order valence-corrected chi connectivity index (χ2v) is 11.8. The number of carbonyl (C=O) groups is 1. The summed E-state index contributed by atoms with van der Waals surface area (Å²) in [7, 11) is 0. The smallest absolute Gasteiger partial charge is 0.340 e.